The molecule has 2 aliphatic heterocycles. The third kappa shape index (κ3) is 4.32. The molecule has 2 heterocycles. The van der Waals surface area contributed by atoms with Crippen LogP contribution in [0.1, 0.15) is 20.7 Å². The summed E-state index contributed by atoms with van der Waals surface area (Å²) in [6.07, 6.45) is 0. The van der Waals surface area contributed by atoms with Crippen LogP contribution in [0.4, 0.5) is 15.8 Å². The van der Waals surface area contributed by atoms with Crippen molar-refractivity contribution >= 4 is 23.2 Å². The molecule has 0 aliphatic carbocycles. The minimum absolute atomic E-state index is 0.105. The van der Waals surface area contributed by atoms with Crippen molar-refractivity contribution in [3.63, 3.8) is 0 Å². The molecule has 0 radical (unpaired) electrons. The molecule has 2 aliphatic rings. The number of nitrogens with one attached hydrogen (secondary N) is 1. The Morgan fingerprint density at radius 3 is 2.33 bits per heavy atom. The van der Waals surface area contributed by atoms with E-state index in [-0.39, 0.29) is 24.2 Å². The molecule has 2 amide bonds. The summed E-state index contributed by atoms with van der Waals surface area (Å²) in [7, 11) is 0. The second-order valence-electron chi connectivity index (χ2n) is 7.83. The van der Waals surface area contributed by atoms with Gasteiger partial charge in [-0.15, -0.1) is 0 Å². The molecular formula is C25H22FN3O4. The van der Waals surface area contributed by atoms with E-state index in [0.29, 0.717) is 48.9 Å². The highest BCUT2D eigenvalue weighted by Crippen LogP contribution is 2.32. The van der Waals surface area contributed by atoms with Gasteiger partial charge in [0.15, 0.2) is 11.5 Å². The van der Waals surface area contributed by atoms with E-state index in [2.05, 4.69) is 10.2 Å². The normalized spacial score (nSPS) is 14.8. The molecule has 1 N–H and O–H groups in total. The average molecular weight is 447 g/mol. The summed E-state index contributed by atoms with van der Waals surface area (Å²) < 4.78 is 24.5. The summed E-state index contributed by atoms with van der Waals surface area (Å²) >= 11 is 0. The van der Waals surface area contributed by atoms with Crippen molar-refractivity contribution in [2.24, 2.45) is 0 Å². The summed E-state index contributed by atoms with van der Waals surface area (Å²) in [5.74, 6) is 0.177. The van der Waals surface area contributed by atoms with Crippen LogP contribution in [0.15, 0.2) is 66.7 Å². The Morgan fingerprint density at radius 1 is 0.848 bits per heavy atom. The molecule has 0 aromatic heterocycles. The molecule has 0 bridgehead atoms. The number of anilines is 2. The van der Waals surface area contributed by atoms with Gasteiger partial charge >= 0.3 is 0 Å². The molecule has 1 fully saturated rings. The van der Waals surface area contributed by atoms with E-state index in [4.69, 9.17) is 9.47 Å². The van der Waals surface area contributed by atoms with E-state index in [1.54, 1.807) is 35.2 Å². The standard InChI is InChI=1S/C25H22FN3O4/c26-21-4-2-1-3-20(21)25(31)29-13-11-28(12-14-29)19-8-6-18(7-9-19)27-24(30)17-5-10-22-23(15-17)33-16-32-22/h1-10,15H,11-14,16H2,(H,27,30). The summed E-state index contributed by atoms with van der Waals surface area (Å²) in [4.78, 5) is 29.0. The lowest BCUT2D eigenvalue weighted by atomic mass is 10.1. The number of hydrogen-bond donors (Lipinski definition) is 1. The highest BCUT2D eigenvalue weighted by molar-refractivity contribution is 6.04. The Balaban J connectivity index is 1.18. The molecular weight excluding hydrogens is 425 g/mol. The van der Waals surface area contributed by atoms with E-state index < -0.39 is 5.82 Å². The summed E-state index contributed by atoms with van der Waals surface area (Å²) in [5, 5.41) is 2.88. The number of benzene rings is 3. The minimum atomic E-state index is -0.497. The van der Waals surface area contributed by atoms with Gasteiger partial charge in [0, 0.05) is 43.1 Å². The zero-order chi connectivity index (χ0) is 22.8. The van der Waals surface area contributed by atoms with Gasteiger partial charge in [-0.25, -0.2) is 4.39 Å². The Labute approximate surface area is 190 Å². The smallest absolute Gasteiger partial charge is 0.256 e. The molecule has 8 heteroatoms. The van der Waals surface area contributed by atoms with Crippen molar-refractivity contribution in [1.29, 1.82) is 0 Å². The first kappa shape index (κ1) is 20.8. The van der Waals surface area contributed by atoms with Crippen LogP contribution in [-0.2, 0) is 0 Å². The van der Waals surface area contributed by atoms with Crippen LogP contribution in [-0.4, -0.2) is 49.7 Å². The highest BCUT2D eigenvalue weighted by atomic mass is 19.1. The molecule has 0 atom stereocenters. The zero-order valence-electron chi connectivity index (χ0n) is 17.8. The van der Waals surface area contributed by atoms with Crippen LogP contribution in [0.2, 0.25) is 0 Å². The third-order valence-corrected chi connectivity index (χ3v) is 5.80. The van der Waals surface area contributed by atoms with Gasteiger partial charge in [0.25, 0.3) is 11.8 Å². The number of fused-ring (bicyclic) bond motifs is 1. The minimum Gasteiger partial charge on any atom is -0.454 e. The molecule has 0 saturated carbocycles. The maximum absolute atomic E-state index is 13.9. The first-order chi connectivity index (χ1) is 16.1. The van der Waals surface area contributed by atoms with Gasteiger partial charge in [0.1, 0.15) is 5.82 Å². The molecule has 7 nitrogen and oxygen atoms in total. The Kier molecular flexibility index (Phi) is 5.56. The number of ether oxygens (including phenoxy) is 2. The number of halogens is 1. The number of carbonyl (C=O) groups is 2. The predicted molar refractivity (Wildman–Crippen MR) is 121 cm³/mol. The lowest BCUT2D eigenvalue weighted by Gasteiger charge is -2.36. The molecule has 3 aromatic carbocycles. The van der Waals surface area contributed by atoms with Gasteiger partial charge in [0.2, 0.25) is 6.79 Å². The maximum atomic E-state index is 13.9. The maximum Gasteiger partial charge on any atom is 0.256 e. The predicted octanol–water partition coefficient (Wildman–Crippen LogP) is 3.77. The molecule has 168 valence electrons. The molecule has 0 unspecified atom stereocenters. The van der Waals surface area contributed by atoms with E-state index in [9.17, 15) is 14.0 Å². The Bertz CT molecular complexity index is 1190. The largest absolute Gasteiger partial charge is 0.454 e. The van der Waals surface area contributed by atoms with E-state index in [1.807, 2.05) is 24.3 Å². The third-order valence-electron chi connectivity index (χ3n) is 5.80. The second kappa shape index (κ2) is 8.82. The monoisotopic (exact) mass is 447 g/mol. The first-order valence-corrected chi connectivity index (χ1v) is 10.7. The Morgan fingerprint density at radius 2 is 1.58 bits per heavy atom. The lowest BCUT2D eigenvalue weighted by molar-refractivity contribution is 0.0742. The van der Waals surface area contributed by atoms with Crippen LogP contribution >= 0.6 is 0 Å². The van der Waals surface area contributed by atoms with Gasteiger partial charge in [-0.1, -0.05) is 12.1 Å². The van der Waals surface area contributed by atoms with Gasteiger partial charge in [-0.3, -0.25) is 9.59 Å². The molecule has 0 spiro atoms. The second-order valence-corrected chi connectivity index (χ2v) is 7.83. The summed E-state index contributed by atoms with van der Waals surface area (Å²) in [6.45, 7) is 2.46. The fourth-order valence-corrected chi connectivity index (χ4v) is 3.97. The lowest BCUT2D eigenvalue weighted by Crippen LogP contribution is -2.49. The fourth-order valence-electron chi connectivity index (χ4n) is 3.97. The van der Waals surface area contributed by atoms with Crippen molar-refractivity contribution in [3.05, 3.63) is 83.7 Å². The van der Waals surface area contributed by atoms with Crippen LogP contribution in [0.5, 0.6) is 11.5 Å². The number of rotatable bonds is 4. The summed E-state index contributed by atoms with van der Waals surface area (Å²) in [5.41, 5.74) is 2.26. The number of nitrogens with zero attached hydrogens (tertiary/aromatic N) is 2. The Hall–Kier alpha value is -4.07. The molecule has 1 saturated heterocycles. The van der Waals surface area contributed by atoms with Crippen LogP contribution < -0.4 is 19.7 Å². The molecule has 33 heavy (non-hydrogen) atoms. The SMILES string of the molecule is O=C(Nc1ccc(N2CCN(C(=O)c3ccccc3F)CC2)cc1)c1ccc2c(c1)OCO2. The van der Waals surface area contributed by atoms with Crippen molar-refractivity contribution in [2.45, 2.75) is 0 Å². The molecule has 3 aromatic rings. The zero-order valence-corrected chi connectivity index (χ0v) is 17.8. The number of carbonyl (C=O) groups excluding carboxylic acids is 2. The summed E-state index contributed by atoms with van der Waals surface area (Å²) in [6, 6.07) is 18.7. The number of amides is 2. The fraction of sp³-hybridized carbons (Fsp3) is 0.200. The van der Waals surface area contributed by atoms with E-state index >= 15 is 0 Å². The van der Waals surface area contributed by atoms with Crippen LogP contribution in [0.3, 0.4) is 0 Å². The first-order valence-electron chi connectivity index (χ1n) is 10.7. The highest BCUT2D eigenvalue weighted by Gasteiger charge is 2.24. The topological polar surface area (TPSA) is 71.1 Å². The van der Waals surface area contributed by atoms with Gasteiger partial charge < -0.3 is 24.6 Å². The van der Waals surface area contributed by atoms with E-state index in [0.717, 1.165) is 5.69 Å². The van der Waals surface area contributed by atoms with Crippen molar-refractivity contribution in [3.8, 4) is 11.5 Å². The quantitative estimate of drug-likeness (QED) is 0.659. The van der Waals surface area contributed by atoms with Crippen molar-refractivity contribution in [1.82, 2.24) is 4.90 Å². The molecule has 5 rings (SSSR count). The average Bonchev–Trinajstić information content (AvgIpc) is 3.33. The van der Waals surface area contributed by atoms with Gasteiger partial charge in [-0.2, -0.15) is 0 Å². The van der Waals surface area contributed by atoms with Crippen LogP contribution in [0.25, 0.3) is 0 Å². The number of hydrogen-bond acceptors (Lipinski definition) is 5. The number of piperazine rings is 1. The van der Waals surface area contributed by atoms with E-state index in [1.165, 1.54) is 12.1 Å². The van der Waals surface area contributed by atoms with Gasteiger partial charge in [0.05, 0.1) is 5.56 Å². The van der Waals surface area contributed by atoms with Crippen LogP contribution in [0, 0.1) is 5.82 Å². The van der Waals surface area contributed by atoms with Crippen molar-refractivity contribution in [2.75, 3.05) is 43.2 Å². The van der Waals surface area contributed by atoms with Gasteiger partial charge in [-0.05, 0) is 54.6 Å². The van der Waals surface area contributed by atoms with Crippen molar-refractivity contribution < 1.29 is 23.5 Å².